The van der Waals surface area contributed by atoms with E-state index in [4.69, 9.17) is 16.3 Å². The molecule has 7 heteroatoms. The third-order valence-electron chi connectivity index (χ3n) is 5.86. The van der Waals surface area contributed by atoms with Crippen molar-refractivity contribution >= 4 is 29.3 Å². The molecule has 0 radical (unpaired) electrons. The van der Waals surface area contributed by atoms with Crippen LogP contribution >= 0.6 is 11.6 Å². The van der Waals surface area contributed by atoms with Crippen LogP contribution in [0.25, 0.3) is 0 Å². The van der Waals surface area contributed by atoms with Gasteiger partial charge in [0.25, 0.3) is 5.91 Å². The molecule has 0 spiro atoms. The first-order chi connectivity index (χ1) is 14.5. The fourth-order valence-electron chi connectivity index (χ4n) is 4.24. The van der Waals surface area contributed by atoms with E-state index in [0.717, 1.165) is 22.4 Å². The zero-order chi connectivity index (χ0) is 21.3. The highest BCUT2D eigenvalue weighted by Gasteiger charge is 2.42. The Hall–Kier alpha value is -2.73. The number of rotatable bonds is 4. The standard InChI is InChI=1S/C23H26ClN3O3/c1-3-30-23(29)26-12-10-17(11-13-26)27-21(18-6-4-5-7-19(18)22(27)28)25-16-9-8-15(2)20(24)14-16/h4-9,14,17,21,25H,3,10-13H2,1-2H3/t21-/m0/s1. The molecule has 2 aromatic carbocycles. The summed E-state index contributed by atoms with van der Waals surface area (Å²) < 4.78 is 5.12. The van der Waals surface area contributed by atoms with E-state index in [9.17, 15) is 9.59 Å². The van der Waals surface area contributed by atoms with Crippen LogP contribution in [0.2, 0.25) is 5.02 Å². The summed E-state index contributed by atoms with van der Waals surface area (Å²) in [5.41, 5.74) is 3.57. The minimum atomic E-state index is -0.282. The highest BCUT2D eigenvalue weighted by atomic mass is 35.5. The lowest BCUT2D eigenvalue weighted by Crippen LogP contribution is -2.49. The van der Waals surface area contributed by atoms with E-state index in [1.54, 1.807) is 11.8 Å². The Morgan fingerprint density at radius 2 is 1.93 bits per heavy atom. The quantitative estimate of drug-likeness (QED) is 0.758. The van der Waals surface area contributed by atoms with Gasteiger partial charge in [0.1, 0.15) is 6.17 Å². The van der Waals surface area contributed by atoms with Crippen LogP contribution in [0, 0.1) is 6.92 Å². The average molecular weight is 428 g/mol. The van der Waals surface area contributed by atoms with Crippen molar-refractivity contribution in [3.63, 3.8) is 0 Å². The summed E-state index contributed by atoms with van der Waals surface area (Å²) in [4.78, 5) is 29.0. The molecule has 2 aliphatic rings. The van der Waals surface area contributed by atoms with E-state index < -0.39 is 0 Å². The summed E-state index contributed by atoms with van der Waals surface area (Å²) in [6.45, 7) is 5.28. The Morgan fingerprint density at radius 1 is 1.20 bits per heavy atom. The second kappa shape index (κ2) is 8.56. The van der Waals surface area contributed by atoms with Gasteiger partial charge in [0.15, 0.2) is 0 Å². The molecule has 4 rings (SSSR count). The highest BCUT2D eigenvalue weighted by molar-refractivity contribution is 6.31. The number of hydrogen-bond donors (Lipinski definition) is 1. The van der Waals surface area contributed by atoms with Gasteiger partial charge in [-0.15, -0.1) is 0 Å². The van der Waals surface area contributed by atoms with Crippen molar-refractivity contribution in [1.82, 2.24) is 9.80 Å². The molecule has 2 aromatic rings. The van der Waals surface area contributed by atoms with Crippen LogP contribution in [-0.2, 0) is 4.74 Å². The van der Waals surface area contributed by atoms with Crippen LogP contribution in [0.15, 0.2) is 42.5 Å². The smallest absolute Gasteiger partial charge is 0.409 e. The van der Waals surface area contributed by atoms with Gasteiger partial charge in [-0.05, 0) is 50.5 Å². The number of carbonyl (C=O) groups excluding carboxylic acids is 2. The van der Waals surface area contributed by atoms with Gasteiger partial charge in [-0.25, -0.2) is 4.79 Å². The van der Waals surface area contributed by atoms with E-state index >= 15 is 0 Å². The van der Waals surface area contributed by atoms with Gasteiger partial charge >= 0.3 is 6.09 Å². The zero-order valence-electron chi connectivity index (χ0n) is 17.2. The number of halogens is 1. The van der Waals surface area contributed by atoms with Crippen LogP contribution in [0.3, 0.4) is 0 Å². The van der Waals surface area contributed by atoms with Gasteiger partial charge in [0, 0.05) is 41.0 Å². The Morgan fingerprint density at radius 3 is 2.63 bits per heavy atom. The van der Waals surface area contributed by atoms with E-state index in [1.807, 2.05) is 54.3 Å². The van der Waals surface area contributed by atoms with Gasteiger partial charge in [-0.2, -0.15) is 0 Å². The molecular formula is C23H26ClN3O3. The van der Waals surface area contributed by atoms with Crippen LogP contribution in [0.5, 0.6) is 0 Å². The summed E-state index contributed by atoms with van der Waals surface area (Å²) in [6.07, 6.45) is 0.874. The largest absolute Gasteiger partial charge is 0.450 e. The van der Waals surface area contributed by atoms with Crippen molar-refractivity contribution in [2.45, 2.75) is 38.9 Å². The number of piperidine rings is 1. The van der Waals surface area contributed by atoms with Gasteiger partial charge in [0.05, 0.1) is 6.61 Å². The Bertz CT molecular complexity index is 956. The molecule has 158 valence electrons. The Kier molecular flexibility index (Phi) is 5.86. The average Bonchev–Trinajstić information content (AvgIpc) is 3.03. The summed E-state index contributed by atoms with van der Waals surface area (Å²) in [6, 6.07) is 13.6. The third kappa shape index (κ3) is 3.84. The lowest BCUT2D eigenvalue weighted by Gasteiger charge is -2.39. The molecule has 6 nitrogen and oxygen atoms in total. The minimum absolute atomic E-state index is 0.0240. The maximum Gasteiger partial charge on any atom is 0.409 e. The molecule has 0 unspecified atom stereocenters. The number of amides is 2. The van der Waals surface area contributed by atoms with Crippen LogP contribution < -0.4 is 5.32 Å². The molecular weight excluding hydrogens is 402 g/mol. The second-order valence-corrected chi connectivity index (χ2v) is 8.13. The number of nitrogens with zero attached hydrogens (tertiary/aromatic N) is 2. The number of benzene rings is 2. The number of aryl methyl sites for hydroxylation is 1. The summed E-state index contributed by atoms with van der Waals surface area (Å²) in [7, 11) is 0. The molecule has 2 aliphatic heterocycles. The Balaban J connectivity index is 1.57. The number of fused-ring (bicyclic) bond motifs is 1. The van der Waals surface area contributed by atoms with Gasteiger partial charge in [-0.1, -0.05) is 35.9 Å². The van der Waals surface area contributed by atoms with Crippen molar-refractivity contribution in [2.75, 3.05) is 25.0 Å². The third-order valence-corrected chi connectivity index (χ3v) is 6.26. The van der Waals surface area contributed by atoms with Crippen molar-refractivity contribution in [1.29, 1.82) is 0 Å². The monoisotopic (exact) mass is 427 g/mol. The number of nitrogens with one attached hydrogen (secondary N) is 1. The van der Waals surface area contributed by atoms with Gasteiger partial charge in [0.2, 0.25) is 0 Å². The van der Waals surface area contributed by atoms with Gasteiger partial charge in [-0.3, -0.25) is 4.79 Å². The molecule has 1 atom stereocenters. The Labute approximate surface area is 181 Å². The van der Waals surface area contributed by atoms with E-state index in [1.165, 1.54) is 0 Å². The van der Waals surface area contributed by atoms with Crippen molar-refractivity contribution in [3.05, 3.63) is 64.2 Å². The van der Waals surface area contributed by atoms with Crippen LogP contribution in [-0.4, -0.2) is 47.5 Å². The normalized spacial score (nSPS) is 19.0. The van der Waals surface area contributed by atoms with E-state index in [2.05, 4.69) is 5.32 Å². The molecule has 0 aromatic heterocycles. The first kappa shape index (κ1) is 20.5. The molecule has 0 saturated carbocycles. The molecule has 1 fully saturated rings. The lowest BCUT2D eigenvalue weighted by molar-refractivity contribution is 0.0496. The maximum atomic E-state index is 13.3. The van der Waals surface area contributed by atoms with E-state index in [0.29, 0.717) is 37.6 Å². The number of ether oxygens (including phenoxy) is 1. The summed E-state index contributed by atoms with van der Waals surface area (Å²) in [5, 5.41) is 4.20. The van der Waals surface area contributed by atoms with Crippen LogP contribution in [0.1, 0.15) is 47.4 Å². The molecule has 0 aliphatic carbocycles. The first-order valence-electron chi connectivity index (χ1n) is 10.4. The highest BCUT2D eigenvalue weighted by Crippen LogP contribution is 2.38. The molecule has 1 saturated heterocycles. The molecule has 0 bridgehead atoms. The first-order valence-corrected chi connectivity index (χ1v) is 10.7. The fraction of sp³-hybridized carbons (Fsp3) is 0.391. The van der Waals surface area contributed by atoms with Crippen molar-refractivity contribution < 1.29 is 14.3 Å². The topological polar surface area (TPSA) is 61.9 Å². The fourth-order valence-corrected chi connectivity index (χ4v) is 4.42. The predicted octanol–water partition coefficient (Wildman–Crippen LogP) is 4.84. The summed E-state index contributed by atoms with van der Waals surface area (Å²) >= 11 is 6.31. The molecule has 2 amide bonds. The van der Waals surface area contributed by atoms with Gasteiger partial charge < -0.3 is 19.9 Å². The summed E-state index contributed by atoms with van der Waals surface area (Å²) in [5.74, 6) is 0.0240. The van der Waals surface area contributed by atoms with E-state index in [-0.39, 0.29) is 24.2 Å². The van der Waals surface area contributed by atoms with Crippen LogP contribution in [0.4, 0.5) is 10.5 Å². The van der Waals surface area contributed by atoms with Crippen molar-refractivity contribution in [2.24, 2.45) is 0 Å². The second-order valence-electron chi connectivity index (χ2n) is 7.73. The number of anilines is 1. The minimum Gasteiger partial charge on any atom is -0.450 e. The molecule has 2 heterocycles. The predicted molar refractivity (Wildman–Crippen MR) is 117 cm³/mol. The number of carbonyl (C=O) groups is 2. The maximum absolute atomic E-state index is 13.3. The zero-order valence-corrected chi connectivity index (χ0v) is 18.0. The van der Waals surface area contributed by atoms with Crippen molar-refractivity contribution in [3.8, 4) is 0 Å². The number of likely N-dealkylation sites (tertiary alicyclic amines) is 1. The SMILES string of the molecule is CCOC(=O)N1CCC(N2C(=O)c3ccccc3[C@H]2Nc2ccc(C)c(Cl)c2)CC1. The lowest BCUT2D eigenvalue weighted by atomic mass is 10.0. The number of hydrogen-bond acceptors (Lipinski definition) is 4. The molecule has 1 N–H and O–H groups in total. The molecule has 30 heavy (non-hydrogen) atoms.